The number of nitrogens with zero attached hydrogens (tertiary/aromatic N) is 1. The molecule has 0 radical (unpaired) electrons. The second-order valence-corrected chi connectivity index (χ2v) is 3.94. The molecule has 1 aliphatic heterocycles. The van der Waals surface area contributed by atoms with Crippen molar-refractivity contribution in [3.05, 3.63) is 24.6 Å². The summed E-state index contributed by atoms with van der Waals surface area (Å²) in [5, 5.41) is 0. The minimum atomic E-state index is 0. The van der Waals surface area contributed by atoms with Gasteiger partial charge in [-0.15, -0.1) is 0 Å². The van der Waals surface area contributed by atoms with Gasteiger partial charge in [0, 0.05) is 0 Å². The lowest BCUT2D eigenvalue weighted by Gasteiger charge is -2.28. The van der Waals surface area contributed by atoms with Gasteiger partial charge in [-0.2, -0.15) is 0 Å². The summed E-state index contributed by atoms with van der Waals surface area (Å²) in [6, 6.07) is 0. The first-order valence-corrected chi connectivity index (χ1v) is 5.56. The molecule has 0 atom stereocenters. The van der Waals surface area contributed by atoms with Crippen LogP contribution in [0.3, 0.4) is 0 Å². The van der Waals surface area contributed by atoms with Gasteiger partial charge in [0.15, 0.2) is 0 Å². The Bertz CT molecular complexity index is 174. The molecule has 1 nitrogen and oxygen atoms in total. The molecule has 0 aromatic heterocycles. The van der Waals surface area contributed by atoms with Crippen LogP contribution in [0.1, 0.15) is 39.5 Å². The molecule has 1 heterocycles. The van der Waals surface area contributed by atoms with Crippen LogP contribution in [0.25, 0.3) is 0 Å². The summed E-state index contributed by atoms with van der Waals surface area (Å²) in [6.45, 7) is 7.09. The van der Waals surface area contributed by atoms with Crippen LogP contribution >= 0.6 is 0 Å². The molecule has 82 valence electrons. The molecular formula is C12H22ClN. The molecule has 1 aliphatic rings. The zero-order valence-electron chi connectivity index (χ0n) is 9.38. The lowest BCUT2D eigenvalue weighted by atomic mass is 10.2. The zero-order valence-corrected chi connectivity index (χ0v) is 10.1. The number of allylic oxidation sites excluding steroid dienone is 2. The van der Waals surface area contributed by atoms with Gasteiger partial charge in [0.1, 0.15) is 12.4 Å². The highest BCUT2D eigenvalue weighted by molar-refractivity contribution is 5.03. The van der Waals surface area contributed by atoms with Gasteiger partial charge in [-0.25, -0.2) is 0 Å². The summed E-state index contributed by atoms with van der Waals surface area (Å²) in [7, 11) is 0. The average Bonchev–Trinajstić information content (AvgIpc) is 2.61. The molecule has 2 heteroatoms. The first kappa shape index (κ1) is 13.7. The lowest BCUT2D eigenvalue weighted by molar-refractivity contribution is -0.826. The van der Waals surface area contributed by atoms with Gasteiger partial charge in [0.25, 0.3) is 0 Å². The summed E-state index contributed by atoms with van der Waals surface area (Å²) in [6.07, 6.45) is 14.3. The second-order valence-electron chi connectivity index (χ2n) is 3.94. The van der Waals surface area contributed by atoms with Crippen LogP contribution in [0.4, 0.5) is 0 Å². The van der Waals surface area contributed by atoms with Gasteiger partial charge in [-0.05, 0) is 25.0 Å². The van der Waals surface area contributed by atoms with Crippen molar-refractivity contribution in [2.24, 2.45) is 0 Å². The Morgan fingerprint density at radius 1 is 0.857 bits per heavy atom. The third kappa shape index (κ3) is 3.85. The number of unbranched alkanes of at least 4 members (excludes halogenated alkanes) is 2. The van der Waals surface area contributed by atoms with E-state index in [1.165, 1.54) is 38.8 Å². The first-order valence-electron chi connectivity index (χ1n) is 5.56. The Morgan fingerprint density at radius 2 is 1.29 bits per heavy atom. The largest absolute Gasteiger partial charge is 1.00 e. The van der Waals surface area contributed by atoms with Gasteiger partial charge in [0.2, 0.25) is 0 Å². The van der Waals surface area contributed by atoms with Crippen molar-refractivity contribution in [1.82, 2.24) is 0 Å². The van der Waals surface area contributed by atoms with Gasteiger partial charge in [-0.1, -0.05) is 26.7 Å². The molecule has 0 aliphatic carbocycles. The predicted octanol–water partition coefficient (Wildman–Crippen LogP) is 0.448. The molecule has 0 unspecified atom stereocenters. The van der Waals surface area contributed by atoms with E-state index in [4.69, 9.17) is 0 Å². The SMILES string of the molecule is CCCC[N+]1(CCCC)C=CC=C1.[Cl-]. The first-order chi connectivity index (χ1) is 6.33. The normalized spacial score (nSPS) is 17.0. The van der Waals surface area contributed by atoms with Gasteiger partial charge in [0.05, 0.1) is 13.1 Å². The van der Waals surface area contributed by atoms with E-state index in [1.807, 2.05) is 0 Å². The number of hydrogen-bond donors (Lipinski definition) is 0. The number of quaternary nitrogens is 1. The summed E-state index contributed by atoms with van der Waals surface area (Å²) in [5.41, 5.74) is 0. The predicted molar refractivity (Wildman–Crippen MR) is 58.1 cm³/mol. The van der Waals surface area contributed by atoms with Gasteiger partial charge < -0.3 is 12.4 Å². The highest BCUT2D eigenvalue weighted by atomic mass is 35.5. The van der Waals surface area contributed by atoms with E-state index in [0.29, 0.717) is 0 Å². The molecule has 0 fully saturated rings. The van der Waals surface area contributed by atoms with Crippen LogP contribution in [0, 0.1) is 0 Å². The molecule has 0 N–H and O–H groups in total. The highest BCUT2D eigenvalue weighted by Crippen LogP contribution is 2.18. The molecule has 0 spiro atoms. The number of rotatable bonds is 6. The molecule has 0 aromatic rings. The van der Waals surface area contributed by atoms with Crippen molar-refractivity contribution in [1.29, 1.82) is 0 Å². The van der Waals surface area contributed by atoms with Crippen molar-refractivity contribution >= 4 is 0 Å². The van der Waals surface area contributed by atoms with Crippen LogP contribution < -0.4 is 12.4 Å². The van der Waals surface area contributed by atoms with Crippen molar-refractivity contribution in [3.63, 3.8) is 0 Å². The average molecular weight is 216 g/mol. The molecular weight excluding hydrogens is 194 g/mol. The van der Waals surface area contributed by atoms with Crippen LogP contribution in [-0.4, -0.2) is 17.6 Å². The van der Waals surface area contributed by atoms with Crippen molar-refractivity contribution in [3.8, 4) is 0 Å². The van der Waals surface area contributed by atoms with E-state index < -0.39 is 0 Å². The summed E-state index contributed by atoms with van der Waals surface area (Å²) < 4.78 is 1.10. The topological polar surface area (TPSA) is 0 Å². The lowest BCUT2D eigenvalue weighted by Crippen LogP contribution is -3.00. The maximum absolute atomic E-state index is 2.34. The maximum atomic E-state index is 2.34. The van der Waals surface area contributed by atoms with Crippen LogP contribution in [0.5, 0.6) is 0 Å². The third-order valence-corrected chi connectivity index (χ3v) is 2.73. The Balaban J connectivity index is 0.00000169. The fourth-order valence-corrected chi connectivity index (χ4v) is 1.81. The monoisotopic (exact) mass is 215 g/mol. The zero-order chi connectivity index (χ0) is 9.57. The molecule has 0 aromatic carbocycles. The Hall–Kier alpha value is -0.270. The smallest absolute Gasteiger partial charge is 0.101 e. The second kappa shape index (κ2) is 7.08. The van der Waals surface area contributed by atoms with Crippen LogP contribution in [0.15, 0.2) is 24.6 Å². The minimum absolute atomic E-state index is 0. The summed E-state index contributed by atoms with van der Waals surface area (Å²) in [5.74, 6) is 0. The minimum Gasteiger partial charge on any atom is -1.00 e. The quantitative estimate of drug-likeness (QED) is 0.565. The molecule has 14 heavy (non-hydrogen) atoms. The van der Waals surface area contributed by atoms with Crippen LogP contribution in [0.2, 0.25) is 0 Å². The Morgan fingerprint density at radius 3 is 1.64 bits per heavy atom. The van der Waals surface area contributed by atoms with E-state index in [-0.39, 0.29) is 12.4 Å². The van der Waals surface area contributed by atoms with E-state index in [0.717, 1.165) is 4.48 Å². The standard InChI is InChI=1S/C12H22N.ClH/c1-3-5-9-13(10-6-4-2)11-7-8-12-13;/h7-8,11-12H,3-6,9-10H2,1-2H3;1H/q+1;/p-1. The van der Waals surface area contributed by atoms with Crippen molar-refractivity contribution in [2.75, 3.05) is 13.1 Å². The van der Waals surface area contributed by atoms with Crippen molar-refractivity contribution in [2.45, 2.75) is 39.5 Å². The molecule has 0 amide bonds. The molecule has 0 saturated carbocycles. The van der Waals surface area contributed by atoms with Crippen molar-refractivity contribution < 1.29 is 16.9 Å². The Labute approximate surface area is 94.5 Å². The fourth-order valence-electron chi connectivity index (χ4n) is 1.81. The van der Waals surface area contributed by atoms with Gasteiger partial charge in [-0.3, -0.25) is 4.48 Å². The van der Waals surface area contributed by atoms with Crippen LogP contribution in [-0.2, 0) is 0 Å². The van der Waals surface area contributed by atoms with E-state index in [2.05, 4.69) is 38.4 Å². The molecule has 0 saturated heterocycles. The third-order valence-electron chi connectivity index (χ3n) is 2.73. The van der Waals surface area contributed by atoms with Gasteiger partial charge >= 0.3 is 0 Å². The Kier molecular flexibility index (Phi) is 6.94. The van der Waals surface area contributed by atoms with E-state index in [1.54, 1.807) is 0 Å². The van der Waals surface area contributed by atoms with E-state index in [9.17, 15) is 0 Å². The molecule has 0 bridgehead atoms. The summed E-state index contributed by atoms with van der Waals surface area (Å²) >= 11 is 0. The molecule has 1 rings (SSSR count). The maximum Gasteiger partial charge on any atom is 0.101 e. The van der Waals surface area contributed by atoms with E-state index >= 15 is 0 Å². The fraction of sp³-hybridized carbons (Fsp3) is 0.667. The number of halogens is 1. The highest BCUT2D eigenvalue weighted by Gasteiger charge is 2.22. The summed E-state index contributed by atoms with van der Waals surface area (Å²) in [4.78, 5) is 0. The number of hydrogen-bond acceptors (Lipinski definition) is 0.